The molecule has 10 heteroatoms. The van der Waals surface area contributed by atoms with Crippen LogP contribution in [0.4, 0.5) is 11.4 Å². The van der Waals surface area contributed by atoms with Crippen LogP contribution in [0.1, 0.15) is 5.56 Å². The minimum absolute atomic E-state index is 0.0409. The van der Waals surface area contributed by atoms with Crippen LogP contribution in [0.25, 0.3) is 0 Å². The Morgan fingerprint density at radius 1 is 1.14 bits per heavy atom. The molecule has 0 spiro atoms. The molecular weight excluding hydrogens is 437 g/mol. The van der Waals surface area contributed by atoms with Crippen molar-refractivity contribution in [1.82, 2.24) is 4.31 Å². The number of ether oxygens (including phenoxy) is 1. The molecule has 0 aromatic heterocycles. The summed E-state index contributed by atoms with van der Waals surface area (Å²) in [7, 11) is -3.66. The predicted octanol–water partition coefficient (Wildman–Crippen LogP) is 3.37. The first kappa shape index (κ1) is 21.9. The molecule has 0 radical (unpaired) electrons. The summed E-state index contributed by atoms with van der Waals surface area (Å²) < 4.78 is 32.5. The Morgan fingerprint density at radius 2 is 1.86 bits per heavy atom. The summed E-state index contributed by atoms with van der Waals surface area (Å²) in [6, 6.07) is 9.74. The number of morpholine rings is 1. The molecule has 2 aromatic carbocycles. The molecule has 2 N–H and O–H groups in total. The van der Waals surface area contributed by atoms with Crippen LogP contribution < -0.4 is 10.6 Å². The van der Waals surface area contributed by atoms with Gasteiger partial charge in [-0.05, 0) is 42.8 Å². The van der Waals surface area contributed by atoms with Gasteiger partial charge in [-0.3, -0.25) is 4.79 Å². The molecule has 0 saturated carbocycles. The predicted molar refractivity (Wildman–Crippen MR) is 114 cm³/mol. The zero-order valence-corrected chi connectivity index (χ0v) is 18.1. The summed E-state index contributed by atoms with van der Waals surface area (Å²) in [5, 5.41) is 6.53. The summed E-state index contributed by atoms with van der Waals surface area (Å²) in [5.74, 6) is -0.338. The van der Waals surface area contributed by atoms with E-state index in [1.807, 2.05) is 0 Å². The second-order valence-electron chi connectivity index (χ2n) is 6.52. The van der Waals surface area contributed by atoms with E-state index in [2.05, 4.69) is 10.6 Å². The zero-order chi connectivity index (χ0) is 21.0. The van der Waals surface area contributed by atoms with Crippen LogP contribution in [0.5, 0.6) is 0 Å². The topological polar surface area (TPSA) is 87.7 Å². The summed E-state index contributed by atoms with van der Waals surface area (Å²) in [5.41, 5.74) is 1.59. The smallest absolute Gasteiger partial charge is 0.243 e. The summed E-state index contributed by atoms with van der Waals surface area (Å²) in [4.78, 5) is 12.5. The minimum Gasteiger partial charge on any atom is -0.379 e. The fourth-order valence-corrected chi connectivity index (χ4v) is 5.03. The summed E-state index contributed by atoms with van der Waals surface area (Å²) in [6.45, 7) is 3.04. The Labute approximate surface area is 180 Å². The fourth-order valence-electron chi connectivity index (χ4n) is 2.90. The van der Waals surface area contributed by atoms with E-state index < -0.39 is 10.0 Å². The summed E-state index contributed by atoms with van der Waals surface area (Å²) >= 11 is 11.9. The quantitative estimate of drug-likeness (QED) is 0.693. The molecule has 0 atom stereocenters. The van der Waals surface area contributed by atoms with Crippen molar-refractivity contribution < 1.29 is 17.9 Å². The number of anilines is 2. The van der Waals surface area contributed by atoms with Gasteiger partial charge in [0.05, 0.1) is 35.4 Å². The second-order valence-corrected chi connectivity index (χ2v) is 9.27. The molecule has 29 heavy (non-hydrogen) atoms. The standard InChI is InChI=1S/C19H21Cl2N3O4S/c1-13-2-4-15(11-18(13)29(26,27)24-6-8-28-9-7-24)23-19(25)12-22-17-5-3-14(20)10-16(17)21/h2-5,10-11,22H,6-9,12H2,1H3,(H,23,25). The lowest BCUT2D eigenvalue weighted by Crippen LogP contribution is -2.40. The Morgan fingerprint density at radius 3 is 2.55 bits per heavy atom. The van der Waals surface area contributed by atoms with Crippen LogP contribution in [0, 0.1) is 6.92 Å². The Bertz CT molecular complexity index is 1010. The molecule has 1 aliphatic rings. The first-order chi connectivity index (χ1) is 13.8. The van der Waals surface area contributed by atoms with Gasteiger partial charge >= 0.3 is 0 Å². The van der Waals surface area contributed by atoms with Crippen LogP contribution in [0.3, 0.4) is 0 Å². The third-order valence-corrected chi connectivity index (χ3v) is 7.02. The average Bonchev–Trinajstić information content (AvgIpc) is 2.69. The van der Waals surface area contributed by atoms with E-state index >= 15 is 0 Å². The first-order valence-corrected chi connectivity index (χ1v) is 11.1. The maximum Gasteiger partial charge on any atom is 0.243 e. The van der Waals surface area contributed by atoms with Crippen molar-refractivity contribution in [3.8, 4) is 0 Å². The van der Waals surface area contributed by atoms with Gasteiger partial charge in [-0.25, -0.2) is 8.42 Å². The van der Waals surface area contributed by atoms with Crippen molar-refractivity contribution in [2.24, 2.45) is 0 Å². The largest absolute Gasteiger partial charge is 0.379 e. The lowest BCUT2D eigenvalue weighted by molar-refractivity contribution is -0.114. The molecule has 1 saturated heterocycles. The van der Waals surface area contributed by atoms with E-state index in [-0.39, 0.29) is 17.3 Å². The molecule has 0 bridgehead atoms. The number of carbonyl (C=O) groups is 1. The van der Waals surface area contributed by atoms with Crippen molar-refractivity contribution in [1.29, 1.82) is 0 Å². The lowest BCUT2D eigenvalue weighted by Gasteiger charge is -2.26. The number of sulfonamides is 1. The number of carbonyl (C=O) groups excluding carboxylic acids is 1. The first-order valence-electron chi connectivity index (χ1n) is 8.95. The SMILES string of the molecule is Cc1ccc(NC(=O)CNc2ccc(Cl)cc2Cl)cc1S(=O)(=O)N1CCOCC1. The van der Waals surface area contributed by atoms with Gasteiger partial charge in [0.15, 0.2) is 0 Å². The Balaban J connectivity index is 1.69. The van der Waals surface area contributed by atoms with Gasteiger partial charge in [0.25, 0.3) is 0 Å². The number of nitrogens with zero attached hydrogens (tertiary/aromatic N) is 1. The Hall–Kier alpha value is -1.84. The molecule has 1 amide bonds. The van der Waals surface area contributed by atoms with E-state index in [1.54, 1.807) is 37.3 Å². The van der Waals surface area contributed by atoms with Crippen molar-refractivity contribution in [2.45, 2.75) is 11.8 Å². The number of hydrogen-bond donors (Lipinski definition) is 2. The zero-order valence-electron chi connectivity index (χ0n) is 15.7. The fraction of sp³-hybridized carbons (Fsp3) is 0.316. The van der Waals surface area contributed by atoms with Crippen LogP contribution in [-0.2, 0) is 19.6 Å². The van der Waals surface area contributed by atoms with Gasteiger partial charge in [-0.1, -0.05) is 29.3 Å². The molecule has 156 valence electrons. The summed E-state index contributed by atoms with van der Waals surface area (Å²) in [6.07, 6.45) is 0. The van der Waals surface area contributed by atoms with Crippen molar-refractivity contribution in [3.63, 3.8) is 0 Å². The molecule has 2 aromatic rings. The number of nitrogens with one attached hydrogen (secondary N) is 2. The van der Waals surface area contributed by atoms with Crippen LogP contribution in [0.15, 0.2) is 41.3 Å². The average molecular weight is 458 g/mol. The molecule has 0 unspecified atom stereocenters. The van der Waals surface area contributed by atoms with E-state index in [4.69, 9.17) is 27.9 Å². The number of benzene rings is 2. The third-order valence-electron chi connectivity index (χ3n) is 4.43. The van der Waals surface area contributed by atoms with Crippen molar-refractivity contribution in [2.75, 3.05) is 43.5 Å². The van der Waals surface area contributed by atoms with Crippen molar-refractivity contribution >= 4 is 50.5 Å². The Kier molecular flexibility index (Phi) is 7.02. The lowest BCUT2D eigenvalue weighted by atomic mass is 10.2. The highest BCUT2D eigenvalue weighted by molar-refractivity contribution is 7.89. The van der Waals surface area contributed by atoms with Crippen molar-refractivity contribution in [3.05, 3.63) is 52.0 Å². The highest BCUT2D eigenvalue weighted by Gasteiger charge is 2.28. The van der Waals surface area contributed by atoms with Gasteiger partial charge in [0.1, 0.15) is 0 Å². The molecule has 1 heterocycles. The van der Waals surface area contributed by atoms with Gasteiger partial charge in [-0.15, -0.1) is 0 Å². The molecule has 7 nitrogen and oxygen atoms in total. The highest BCUT2D eigenvalue weighted by Crippen LogP contribution is 2.26. The second kappa shape index (κ2) is 9.32. The van der Waals surface area contributed by atoms with E-state index in [0.717, 1.165) is 0 Å². The molecular formula is C19H21Cl2N3O4S. The van der Waals surface area contributed by atoms with E-state index in [1.165, 1.54) is 10.4 Å². The molecule has 3 rings (SSSR count). The maximum atomic E-state index is 12.9. The van der Waals surface area contributed by atoms with E-state index in [0.29, 0.717) is 53.3 Å². The normalized spacial score (nSPS) is 15.1. The van der Waals surface area contributed by atoms with Crippen LogP contribution in [-0.4, -0.2) is 51.5 Å². The van der Waals surface area contributed by atoms with Gasteiger partial charge in [0.2, 0.25) is 15.9 Å². The number of rotatable bonds is 6. The number of amides is 1. The van der Waals surface area contributed by atoms with Crippen LogP contribution in [0.2, 0.25) is 10.0 Å². The highest BCUT2D eigenvalue weighted by atomic mass is 35.5. The minimum atomic E-state index is -3.66. The third kappa shape index (κ3) is 5.40. The molecule has 1 aliphatic heterocycles. The molecule has 1 fully saturated rings. The molecule has 0 aliphatic carbocycles. The van der Waals surface area contributed by atoms with Gasteiger partial charge in [0, 0.05) is 23.8 Å². The number of aryl methyl sites for hydroxylation is 1. The number of hydrogen-bond acceptors (Lipinski definition) is 5. The van der Waals surface area contributed by atoms with Gasteiger partial charge in [-0.2, -0.15) is 4.31 Å². The van der Waals surface area contributed by atoms with E-state index in [9.17, 15) is 13.2 Å². The number of halogens is 2. The maximum absolute atomic E-state index is 12.9. The monoisotopic (exact) mass is 457 g/mol. The van der Waals surface area contributed by atoms with Crippen LogP contribution >= 0.6 is 23.2 Å². The van der Waals surface area contributed by atoms with Gasteiger partial charge < -0.3 is 15.4 Å².